The first-order valence-electron chi connectivity index (χ1n) is 8.39. The Morgan fingerprint density at radius 2 is 1.96 bits per heavy atom. The van der Waals surface area contributed by atoms with E-state index in [9.17, 15) is 4.39 Å². The summed E-state index contributed by atoms with van der Waals surface area (Å²) < 4.78 is 30.3. The third-order valence-corrected chi connectivity index (χ3v) is 4.92. The molecule has 2 fully saturated rings. The van der Waals surface area contributed by atoms with Gasteiger partial charge in [-0.25, -0.2) is 4.39 Å². The molecule has 0 radical (unpaired) electrons. The SMILES string of the molecule is COc1ccc(CN(C)CC2CCC3(CC2)OCCO3)cc1F. The zero-order valence-corrected chi connectivity index (χ0v) is 14.0. The molecule has 2 aliphatic rings. The second-order valence-corrected chi connectivity index (χ2v) is 6.72. The van der Waals surface area contributed by atoms with E-state index in [1.54, 1.807) is 12.1 Å². The van der Waals surface area contributed by atoms with Crippen LogP contribution >= 0.6 is 0 Å². The number of rotatable bonds is 5. The zero-order valence-electron chi connectivity index (χ0n) is 14.0. The van der Waals surface area contributed by atoms with Crippen molar-refractivity contribution in [3.8, 4) is 5.75 Å². The summed E-state index contributed by atoms with van der Waals surface area (Å²) in [6, 6.07) is 5.18. The highest BCUT2D eigenvalue weighted by Gasteiger charge is 2.40. The standard InChI is InChI=1S/C18H26FNO3/c1-20(13-15-3-4-17(21-2)16(19)11-15)12-14-5-7-18(8-6-14)22-9-10-23-18/h3-4,11,14H,5-10,12-13H2,1-2H3. The Bertz CT molecular complexity index is 521. The van der Waals surface area contributed by atoms with Crippen LogP contribution in [-0.4, -0.2) is 44.6 Å². The molecule has 1 saturated heterocycles. The van der Waals surface area contributed by atoms with Crippen molar-refractivity contribution >= 4 is 0 Å². The van der Waals surface area contributed by atoms with Gasteiger partial charge in [-0.05, 0) is 43.5 Å². The summed E-state index contributed by atoms with van der Waals surface area (Å²) in [6.07, 6.45) is 4.23. The average Bonchev–Trinajstić information content (AvgIpc) is 2.98. The highest BCUT2D eigenvalue weighted by atomic mass is 19.1. The van der Waals surface area contributed by atoms with E-state index >= 15 is 0 Å². The van der Waals surface area contributed by atoms with Gasteiger partial charge < -0.3 is 19.1 Å². The van der Waals surface area contributed by atoms with Gasteiger partial charge in [-0.3, -0.25) is 0 Å². The lowest BCUT2D eigenvalue weighted by molar-refractivity contribution is -0.183. The van der Waals surface area contributed by atoms with E-state index in [1.165, 1.54) is 7.11 Å². The van der Waals surface area contributed by atoms with Crippen LogP contribution < -0.4 is 4.74 Å². The Labute approximate surface area is 137 Å². The van der Waals surface area contributed by atoms with Gasteiger partial charge in [0.2, 0.25) is 0 Å². The minimum absolute atomic E-state index is 0.284. The molecule has 0 unspecified atom stereocenters. The fraction of sp³-hybridized carbons (Fsp3) is 0.667. The van der Waals surface area contributed by atoms with Crippen molar-refractivity contribution in [1.82, 2.24) is 4.90 Å². The molecular formula is C18H26FNO3. The van der Waals surface area contributed by atoms with Crippen molar-refractivity contribution in [3.05, 3.63) is 29.6 Å². The molecule has 5 heteroatoms. The van der Waals surface area contributed by atoms with Crippen LogP contribution in [0.2, 0.25) is 0 Å². The van der Waals surface area contributed by atoms with Gasteiger partial charge in [-0.2, -0.15) is 0 Å². The van der Waals surface area contributed by atoms with Gasteiger partial charge in [0, 0.05) is 25.9 Å². The second kappa shape index (κ2) is 7.16. The van der Waals surface area contributed by atoms with Crippen molar-refractivity contribution in [2.75, 3.05) is 33.9 Å². The number of halogens is 1. The van der Waals surface area contributed by atoms with Crippen molar-refractivity contribution < 1.29 is 18.6 Å². The van der Waals surface area contributed by atoms with E-state index in [4.69, 9.17) is 14.2 Å². The molecule has 128 valence electrons. The van der Waals surface area contributed by atoms with E-state index in [-0.39, 0.29) is 11.6 Å². The summed E-state index contributed by atoms with van der Waals surface area (Å²) in [6.45, 7) is 3.22. The fourth-order valence-electron chi connectivity index (χ4n) is 3.71. The van der Waals surface area contributed by atoms with Gasteiger partial charge in [-0.15, -0.1) is 0 Å². The third-order valence-electron chi connectivity index (χ3n) is 4.92. The first kappa shape index (κ1) is 16.7. The monoisotopic (exact) mass is 323 g/mol. The lowest BCUT2D eigenvalue weighted by atomic mass is 9.85. The molecule has 1 heterocycles. The van der Waals surface area contributed by atoms with Gasteiger partial charge in [-0.1, -0.05) is 6.07 Å². The molecule has 0 atom stereocenters. The summed E-state index contributed by atoms with van der Waals surface area (Å²) in [5.74, 6) is 0.370. The van der Waals surface area contributed by atoms with Crippen molar-refractivity contribution in [3.63, 3.8) is 0 Å². The van der Waals surface area contributed by atoms with Gasteiger partial charge in [0.05, 0.1) is 20.3 Å². The second-order valence-electron chi connectivity index (χ2n) is 6.72. The molecule has 1 aromatic carbocycles. The minimum atomic E-state index is -0.298. The molecule has 1 aromatic rings. The van der Waals surface area contributed by atoms with Crippen molar-refractivity contribution in [1.29, 1.82) is 0 Å². The van der Waals surface area contributed by atoms with Crippen LogP contribution in [0.15, 0.2) is 18.2 Å². The molecule has 3 rings (SSSR count). The first-order valence-corrected chi connectivity index (χ1v) is 8.39. The van der Waals surface area contributed by atoms with Crippen molar-refractivity contribution in [2.45, 2.75) is 38.0 Å². The predicted octanol–water partition coefficient (Wildman–Crippen LogP) is 3.20. The average molecular weight is 323 g/mol. The Morgan fingerprint density at radius 3 is 2.57 bits per heavy atom. The van der Waals surface area contributed by atoms with Crippen LogP contribution in [0.25, 0.3) is 0 Å². The van der Waals surface area contributed by atoms with Crippen LogP contribution in [0.1, 0.15) is 31.2 Å². The van der Waals surface area contributed by atoms with Gasteiger partial charge in [0.25, 0.3) is 0 Å². The summed E-state index contributed by atoms with van der Waals surface area (Å²) in [5, 5.41) is 0. The van der Waals surface area contributed by atoms with Crippen LogP contribution in [0.5, 0.6) is 5.75 Å². The molecule has 0 N–H and O–H groups in total. The molecule has 0 aromatic heterocycles. The minimum Gasteiger partial charge on any atom is -0.494 e. The third kappa shape index (κ3) is 4.03. The van der Waals surface area contributed by atoms with E-state index in [1.807, 2.05) is 6.07 Å². The van der Waals surface area contributed by atoms with E-state index in [0.29, 0.717) is 11.7 Å². The molecule has 1 spiro atoms. The van der Waals surface area contributed by atoms with Crippen molar-refractivity contribution in [2.24, 2.45) is 5.92 Å². The maximum Gasteiger partial charge on any atom is 0.168 e. The van der Waals surface area contributed by atoms with Crippen LogP contribution in [0, 0.1) is 11.7 Å². The summed E-state index contributed by atoms with van der Waals surface area (Å²) in [4.78, 5) is 2.26. The zero-order chi connectivity index (χ0) is 16.3. The van der Waals surface area contributed by atoms with Crippen LogP contribution in [-0.2, 0) is 16.0 Å². The normalized spacial score (nSPS) is 21.2. The van der Waals surface area contributed by atoms with Gasteiger partial charge in [0.15, 0.2) is 17.4 Å². The Morgan fingerprint density at radius 1 is 1.26 bits per heavy atom. The maximum absolute atomic E-state index is 13.8. The first-order chi connectivity index (χ1) is 11.1. The van der Waals surface area contributed by atoms with Gasteiger partial charge in [0.1, 0.15) is 0 Å². The quantitative estimate of drug-likeness (QED) is 0.833. The van der Waals surface area contributed by atoms with E-state index in [2.05, 4.69) is 11.9 Å². The highest BCUT2D eigenvalue weighted by molar-refractivity contribution is 5.29. The largest absolute Gasteiger partial charge is 0.494 e. The summed E-state index contributed by atoms with van der Waals surface area (Å²) >= 11 is 0. The number of nitrogens with zero attached hydrogens (tertiary/aromatic N) is 1. The lowest BCUT2D eigenvalue weighted by Gasteiger charge is -2.36. The summed E-state index contributed by atoms with van der Waals surface area (Å²) in [5.41, 5.74) is 0.973. The molecule has 4 nitrogen and oxygen atoms in total. The van der Waals surface area contributed by atoms with Crippen LogP contribution in [0.4, 0.5) is 4.39 Å². The van der Waals surface area contributed by atoms with E-state index in [0.717, 1.165) is 57.6 Å². The molecule has 0 bridgehead atoms. The number of benzene rings is 1. The fourth-order valence-corrected chi connectivity index (χ4v) is 3.71. The topological polar surface area (TPSA) is 30.9 Å². The number of ether oxygens (including phenoxy) is 3. The Kier molecular flexibility index (Phi) is 5.19. The Balaban J connectivity index is 1.48. The molecular weight excluding hydrogens is 297 g/mol. The number of hydrogen-bond donors (Lipinski definition) is 0. The smallest absolute Gasteiger partial charge is 0.168 e. The molecule has 1 aliphatic heterocycles. The summed E-state index contributed by atoms with van der Waals surface area (Å²) in [7, 11) is 3.58. The molecule has 1 aliphatic carbocycles. The maximum atomic E-state index is 13.8. The Hall–Kier alpha value is -1.17. The van der Waals surface area contributed by atoms with E-state index < -0.39 is 0 Å². The van der Waals surface area contributed by atoms with Crippen LogP contribution in [0.3, 0.4) is 0 Å². The number of methoxy groups -OCH3 is 1. The number of hydrogen-bond acceptors (Lipinski definition) is 4. The molecule has 23 heavy (non-hydrogen) atoms. The molecule has 0 amide bonds. The predicted molar refractivity (Wildman–Crippen MR) is 85.9 cm³/mol. The highest BCUT2D eigenvalue weighted by Crippen LogP contribution is 2.38. The molecule has 1 saturated carbocycles. The lowest BCUT2D eigenvalue weighted by Crippen LogP contribution is -2.38. The van der Waals surface area contributed by atoms with Gasteiger partial charge >= 0.3 is 0 Å².